The lowest BCUT2D eigenvalue weighted by molar-refractivity contribution is -0.0109. The largest absolute Gasteiger partial charge is 0.468 e. The Balaban J connectivity index is 1.38. The molecule has 0 radical (unpaired) electrons. The van der Waals surface area contributed by atoms with Crippen molar-refractivity contribution in [3.8, 4) is 0 Å². The smallest absolute Gasteiger partial charge is 0.117 e. The van der Waals surface area contributed by atoms with Crippen LogP contribution < -0.4 is 0 Å². The standard InChI is InChI=1S/C20H32N2O3/c1-23-15-17-13-21(14-19-3-2-10-25-19)16-20(17)6-8-22(9-7-20)18-4-11-24-12-5-18/h2-3,10,17-18H,4-9,11-16H2,1H3. The molecule has 1 aromatic rings. The van der Waals surface area contributed by atoms with Gasteiger partial charge in [0, 0.05) is 45.4 Å². The fraction of sp³-hybridized carbons (Fsp3) is 0.800. The number of nitrogens with zero attached hydrogens (tertiary/aromatic N) is 2. The van der Waals surface area contributed by atoms with Crippen LogP contribution in [0.15, 0.2) is 22.8 Å². The maximum Gasteiger partial charge on any atom is 0.117 e. The van der Waals surface area contributed by atoms with Gasteiger partial charge in [-0.05, 0) is 56.3 Å². The van der Waals surface area contributed by atoms with Crippen molar-refractivity contribution in [1.29, 1.82) is 0 Å². The van der Waals surface area contributed by atoms with Gasteiger partial charge in [-0.25, -0.2) is 0 Å². The van der Waals surface area contributed by atoms with E-state index in [0.717, 1.165) is 44.7 Å². The summed E-state index contributed by atoms with van der Waals surface area (Å²) < 4.78 is 16.7. The van der Waals surface area contributed by atoms with Crippen molar-refractivity contribution in [2.75, 3.05) is 53.1 Å². The Labute approximate surface area is 151 Å². The molecule has 1 atom stereocenters. The highest BCUT2D eigenvalue weighted by Gasteiger charge is 2.48. The predicted octanol–water partition coefficient (Wildman–Crippen LogP) is 2.62. The Morgan fingerprint density at radius 3 is 2.72 bits per heavy atom. The van der Waals surface area contributed by atoms with E-state index >= 15 is 0 Å². The highest BCUT2D eigenvalue weighted by Crippen LogP contribution is 2.45. The average molecular weight is 348 g/mol. The van der Waals surface area contributed by atoms with Crippen molar-refractivity contribution in [1.82, 2.24) is 9.80 Å². The van der Waals surface area contributed by atoms with Gasteiger partial charge in [0.2, 0.25) is 0 Å². The summed E-state index contributed by atoms with van der Waals surface area (Å²) in [6.45, 7) is 8.48. The van der Waals surface area contributed by atoms with Crippen molar-refractivity contribution in [3.05, 3.63) is 24.2 Å². The molecule has 0 aliphatic carbocycles. The van der Waals surface area contributed by atoms with E-state index in [0.29, 0.717) is 11.3 Å². The SMILES string of the molecule is COCC1CN(Cc2ccco2)CC12CCN(C1CCOCC1)CC2. The fourth-order valence-electron chi connectivity index (χ4n) is 5.27. The monoisotopic (exact) mass is 348 g/mol. The van der Waals surface area contributed by atoms with Crippen LogP contribution in [0.5, 0.6) is 0 Å². The third-order valence-corrected chi connectivity index (χ3v) is 6.71. The predicted molar refractivity (Wildman–Crippen MR) is 96.4 cm³/mol. The normalized spacial score (nSPS) is 28.8. The van der Waals surface area contributed by atoms with Crippen molar-refractivity contribution in [2.24, 2.45) is 11.3 Å². The lowest BCUT2D eigenvalue weighted by atomic mass is 9.71. The summed E-state index contributed by atoms with van der Waals surface area (Å²) >= 11 is 0. The number of rotatable bonds is 5. The summed E-state index contributed by atoms with van der Waals surface area (Å²) in [5, 5.41) is 0. The Hall–Kier alpha value is -0.880. The van der Waals surface area contributed by atoms with Gasteiger partial charge >= 0.3 is 0 Å². The van der Waals surface area contributed by atoms with Crippen LogP contribution in [0.3, 0.4) is 0 Å². The van der Waals surface area contributed by atoms with Gasteiger partial charge in [0.05, 0.1) is 19.4 Å². The first-order valence-corrected chi connectivity index (χ1v) is 9.84. The Morgan fingerprint density at radius 1 is 1.24 bits per heavy atom. The zero-order valence-corrected chi connectivity index (χ0v) is 15.5. The third kappa shape index (κ3) is 3.80. The summed E-state index contributed by atoms with van der Waals surface area (Å²) in [7, 11) is 1.85. The first-order chi connectivity index (χ1) is 12.3. The van der Waals surface area contributed by atoms with Crippen LogP contribution in [-0.2, 0) is 16.0 Å². The number of hydrogen-bond donors (Lipinski definition) is 0. The van der Waals surface area contributed by atoms with Gasteiger partial charge in [0.25, 0.3) is 0 Å². The fourth-order valence-corrected chi connectivity index (χ4v) is 5.27. The van der Waals surface area contributed by atoms with E-state index < -0.39 is 0 Å². The van der Waals surface area contributed by atoms with E-state index in [9.17, 15) is 0 Å². The molecule has 3 saturated heterocycles. The van der Waals surface area contributed by atoms with E-state index in [1.165, 1.54) is 45.3 Å². The summed E-state index contributed by atoms with van der Waals surface area (Å²) in [4.78, 5) is 5.31. The average Bonchev–Trinajstić information content (AvgIpc) is 3.26. The van der Waals surface area contributed by atoms with E-state index in [1.807, 2.05) is 13.2 Å². The zero-order chi connectivity index (χ0) is 17.1. The van der Waals surface area contributed by atoms with Crippen LogP contribution in [-0.4, -0.2) is 69.0 Å². The van der Waals surface area contributed by atoms with Crippen molar-refractivity contribution in [2.45, 2.75) is 38.3 Å². The van der Waals surface area contributed by atoms with Gasteiger partial charge in [-0.1, -0.05) is 0 Å². The molecule has 5 nitrogen and oxygen atoms in total. The third-order valence-electron chi connectivity index (χ3n) is 6.71. The molecule has 0 bridgehead atoms. The summed E-state index contributed by atoms with van der Waals surface area (Å²) in [6.07, 6.45) is 6.79. The number of likely N-dealkylation sites (tertiary alicyclic amines) is 2. The molecule has 1 spiro atoms. The number of methoxy groups -OCH3 is 1. The number of furan rings is 1. The van der Waals surface area contributed by atoms with Gasteiger partial charge in [-0.2, -0.15) is 0 Å². The maximum atomic E-state index is 5.60. The topological polar surface area (TPSA) is 38.1 Å². The second-order valence-electron chi connectivity index (χ2n) is 8.14. The molecule has 25 heavy (non-hydrogen) atoms. The van der Waals surface area contributed by atoms with Crippen LogP contribution in [0.25, 0.3) is 0 Å². The van der Waals surface area contributed by atoms with Gasteiger partial charge in [0.15, 0.2) is 0 Å². The Kier molecular flexibility index (Phi) is 5.46. The summed E-state index contributed by atoms with van der Waals surface area (Å²) in [6, 6.07) is 4.82. The van der Waals surface area contributed by atoms with E-state index in [-0.39, 0.29) is 0 Å². The summed E-state index contributed by atoms with van der Waals surface area (Å²) in [5.41, 5.74) is 0.421. The molecular formula is C20H32N2O3. The molecule has 4 heterocycles. The lowest BCUT2D eigenvalue weighted by Gasteiger charge is -2.46. The molecule has 3 aliphatic heterocycles. The van der Waals surface area contributed by atoms with Crippen LogP contribution in [0, 0.1) is 11.3 Å². The van der Waals surface area contributed by atoms with Crippen molar-refractivity contribution >= 4 is 0 Å². The quantitative estimate of drug-likeness (QED) is 0.818. The summed E-state index contributed by atoms with van der Waals surface area (Å²) in [5.74, 6) is 1.72. The first kappa shape index (κ1) is 17.5. The molecule has 3 aliphatic rings. The van der Waals surface area contributed by atoms with Gasteiger partial charge in [-0.15, -0.1) is 0 Å². The highest BCUT2D eigenvalue weighted by atomic mass is 16.5. The van der Waals surface area contributed by atoms with Gasteiger partial charge in [0.1, 0.15) is 5.76 Å². The van der Waals surface area contributed by atoms with E-state index in [4.69, 9.17) is 13.9 Å². The molecular weight excluding hydrogens is 316 g/mol. The molecule has 0 N–H and O–H groups in total. The number of ether oxygens (including phenoxy) is 2. The highest BCUT2D eigenvalue weighted by molar-refractivity contribution is 5.04. The molecule has 0 amide bonds. The van der Waals surface area contributed by atoms with E-state index in [1.54, 1.807) is 6.26 Å². The second kappa shape index (κ2) is 7.78. The van der Waals surface area contributed by atoms with E-state index in [2.05, 4.69) is 15.9 Å². The molecule has 0 aromatic carbocycles. The minimum absolute atomic E-state index is 0.421. The number of piperidine rings is 1. The molecule has 1 unspecified atom stereocenters. The molecule has 5 heteroatoms. The van der Waals surface area contributed by atoms with Crippen LogP contribution in [0.1, 0.15) is 31.4 Å². The maximum absolute atomic E-state index is 5.60. The minimum atomic E-state index is 0.421. The van der Waals surface area contributed by atoms with Crippen molar-refractivity contribution < 1.29 is 13.9 Å². The molecule has 3 fully saturated rings. The van der Waals surface area contributed by atoms with Gasteiger partial charge in [-0.3, -0.25) is 4.90 Å². The number of hydrogen-bond acceptors (Lipinski definition) is 5. The molecule has 0 saturated carbocycles. The van der Waals surface area contributed by atoms with Crippen molar-refractivity contribution in [3.63, 3.8) is 0 Å². The molecule has 4 rings (SSSR count). The Morgan fingerprint density at radius 2 is 2.04 bits per heavy atom. The Bertz CT molecular complexity index is 519. The zero-order valence-electron chi connectivity index (χ0n) is 15.5. The van der Waals surface area contributed by atoms with Crippen LogP contribution >= 0.6 is 0 Å². The lowest BCUT2D eigenvalue weighted by Crippen LogP contribution is -2.49. The van der Waals surface area contributed by atoms with Crippen LogP contribution in [0.4, 0.5) is 0 Å². The molecule has 1 aromatic heterocycles. The molecule has 140 valence electrons. The van der Waals surface area contributed by atoms with Gasteiger partial charge < -0.3 is 18.8 Å². The first-order valence-electron chi connectivity index (χ1n) is 9.84. The second-order valence-corrected chi connectivity index (χ2v) is 8.14. The minimum Gasteiger partial charge on any atom is -0.468 e. The van der Waals surface area contributed by atoms with Crippen LogP contribution in [0.2, 0.25) is 0 Å².